The van der Waals surface area contributed by atoms with Gasteiger partial charge < -0.3 is 10.5 Å². The van der Waals surface area contributed by atoms with Crippen LogP contribution in [0.3, 0.4) is 0 Å². The van der Waals surface area contributed by atoms with E-state index in [-0.39, 0.29) is 11.9 Å². The molecule has 4 heteroatoms. The molecule has 0 aliphatic heterocycles. The third kappa shape index (κ3) is 3.47. The van der Waals surface area contributed by atoms with Crippen LogP contribution < -0.4 is 10.5 Å². The lowest BCUT2D eigenvalue weighted by atomic mass is 10.1. The van der Waals surface area contributed by atoms with Crippen molar-refractivity contribution in [3.63, 3.8) is 0 Å². The SMILES string of the molecule is COc1c(F)cc(Br)cc1CC[C@H](C)N. The molecular formula is C11H15BrFNO. The molecule has 0 bridgehead atoms. The van der Waals surface area contributed by atoms with Gasteiger partial charge in [-0.25, -0.2) is 4.39 Å². The molecule has 0 saturated carbocycles. The van der Waals surface area contributed by atoms with Crippen molar-refractivity contribution in [3.8, 4) is 5.75 Å². The van der Waals surface area contributed by atoms with Crippen LogP contribution in [0.25, 0.3) is 0 Å². The Hall–Kier alpha value is -0.610. The lowest BCUT2D eigenvalue weighted by Gasteiger charge is -2.11. The summed E-state index contributed by atoms with van der Waals surface area (Å²) in [5, 5.41) is 0. The van der Waals surface area contributed by atoms with Crippen molar-refractivity contribution >= 4 is 15.9 Å². The van der Waals surface area contributed by atoms with Crippen LogP contribution in [0.15, 0.2) is 16.6 Å². The molecule has 0 spiro atoms. The maximum Gasteiger partial charge on any atom is 0.166 e. The van der Waals surface area contributed by atoms with Crippen LogP contribution in [-0.2, 0) is 6.42 Å². The number of halogens is 2. The Labute approximate surface area is 97.7 Å². The summed E-state index contributed by atoms with van der Waals surface area (Å²) in [6, 6.07) is 3.37. The number of hydrogen-bond acceptors (Lipinski definition) is 2. The van der Waals surface area contributed by atoms with E-state index in [9.17, 15) is 4.39 Å². The monoisotopic (exact) mass is 275 g/mol. The zero-order valence-corrected chi connectivity index (χ0v) is 10.5. The standard InChI is InChI=1S/C11H15BrFNO/c1-7(14)3-4-8-5-9(12)6-10(13)11(8)15-2/h5-7H,3-4,14H2,1-2H3/t7-/m0/s1. The topological polar surface area (TPSA) is 35.2 Å². The smallest absolute Gasteiger partial charge is 0.166 e. The average Bonchev–Trinajstić information content (AvgIpc) is 2.13. The number of benzene rings is 1. The van der Waals surface area contributed by atoms with Crippen molar-refractivity contribution in [1.82, 2.24) is 0 Å². The molecule has 1 aromatic rings. The summed E-state index contributed by atoms with van der Waals surface area (Å²) in [5.74, 6) is -0.0228. The molecule has 1 aromatic carbocycles. The number of aryl methyl sites for hydroxylation is 1. The van der Waals surface area contributed by atoms with E-state index in [1.54, 1.807) is 0 Å². The molecule has 0 saturated heterocycles. The highest BCUT2D eigenvalue weighted by Crippen LogP contribution is 2.28. The zero-order valence-electron chi connectivity index (χ0n) is 8.89. The second-order valence-corrected chi connectivity index (χ2v) is 4.51. The van der Waals surface area contributed by atoms with E-state index in [0.717, 1.165) is 22.9 Å². The van der Waals surface area contributed by atoms with Gasteiger partial charge in [-0.05, 0) is 37.5 Å². The van der Waals surface area contributed by atoms with Crippen LogP contribution in [0, 0.1) is 5.82 Å². The van der Waals surface area contributed by atoms with E-state index in [4.69, 9.17) is 10.5 Å². The molecule has 1 atom stereocenters. The minimum Gasteiger partial charge on any atom is -0.493 e. The molecule has 0 heterocycles. The van der Waals surface area contributed by atoms with E-state index in [1.165, 1.54) is 13.2 Å². The minimum atomic E-state index is -0.341. The van der Waals surface area contributed by atoms with E-state index in [0.29, 0.717) is 5.75 Å². The molecule has 0 amide bonds. The van der Waals surface area contributed by atoms with Gasteiger partial charge in [0.15, 0.2) is 11.6 Å². The number of methoxy groups -OCH3 is 1. The van der Waals surface area contributed by atoms with Gasteiger partial charge in [0, 0.05) is 10.5 Å². The molecule has 0 radical (unpaired) electrons. The van der Waals surface area contributed by atoms with Crippen molar-refractivity contribution in [2.45, 2.75) is 25.8 Å². The zero-order chi connectivity index (χ0) is 11.4. The molecule has 84 valence electrons. The average molecular weight is 276 g/mol. The Morgan fingerprint density at radius 3 is 2.73 bits per heavy atom. The minimum absolute atomic E-state index is 0.108. The second kappa shape index (κ2) is 5.47. The maximum atomic E-state index is 13.4. The summed E-state index contributed by atoms with van der Waals surface area (Å²) in [7, 11) is 1.47. The third-order valence-corrected chi connectivity index (χ3v) is 2.62. The molecule has 1 rings (SSSR count). The van der Waals surface area contributed by atoms with Gasteiger partial charge in [0.05, 0.1) is 7.11 Å². The quantitative estimate of drug-likeness (QED) is 0.917. The maximum absolute atomic E-state index is 13.4. The van der Waals surface area contributed by atoms with E-state index >= 15 is 0 Å². The van der Waals surface area contributed by atoms with Crippen molar-refractivity contribution in [1.29, 1.82) is 0 Å². The fourth-order valence-corrected chi connectivity index (χ4v) is 1.89. The predicted octanol–water partition coefficient (Wildman–Crippen LogP) is 2.88. The summed E-state index contributed by atoms with van der Waals surface area (Å²) in [5.41, 5.74) is 6.51. The first kappa shape index (κ1) is 12.5. The van der Waals surface area contributed by atoms with Crippen molar-refractivity contribution in [3.05, 3.63) is 28.0 Å². The fraction of sp³-hybridized carbons (Fsp3) is 0.455. The molecule has 0 aromatic heterocycles. The Morgan fingerprint density at radius 2 is 2.20 bits per heavy atom. The van der Waals surface area contributed by atoms with Crippen LogP contribution in [0.1, 0.15) is 18.9 Å². The highest BCUT2D eigenvalue weighted by molar-refractivity contribution is 9.10. The molecule has 0 aliphatic rings. The largest absolute Gasteiger partial charge is 0.493 e. The van der Waals surface area contributed by atoms with Crippen LogP contribution in [0.2, 0.25) is 0 Å². The van der Waals surface area contributed by atoms with Crippen molar-refractivity contribution < 1.29 is 9.13 Å². The van der Waals surface area contributed by atoms with E-state index in [2.05, 4.69) is 15.9 Å². The Kier molecular flexibility index (Phi) is 4.54. The highest BCUT2D eigenvalue weighted by Gasteiger charge is 2.11. The first-order valence-corrected chi connectivity index (χ1v) is 5.61. The Balaban J connectivity index is 2.93. The van der Waals surface area contributed by atoms with Gasteiger partial charge in [0.1, 0.15) is 0 Å². The van der Waals surface area contributed by atoms with Gasteiger partial charge in [-0.15, -0.1) is 0 Å². The molecule has 0 fully saturated rings. The predicted molar refractivity (Wildman–Crippen MR) is 62.6 cm³/mol. The third-order valence-electron chi connectivity index (χ3n) is 2.16. The van der Waals surface area contributed by atoms with Crippen LogP contribution in [0.4, 0.5) is 4.39 Å². The number of hydrogen-bond donors (Lipinski definition) is 1. The lowest BCUT2D eigenvalue weighted by Crippen LogP contribution is -2.15. The fourth-order valence-electron chi connectivity index (χ4n) is 1.41. The van der Waals surface area contributed by atoms with Gasteiger partial charge in [0.2, 0.25) is 0 Å². The summed E-state index contributed by atoms with van der Waals surface area (Å²) in [6.07, 6.45) is 1.53. The first-order valence-electron chi connectivity index (χ1n) is 4.82. The lowest BCUT2D eigenvalue weighted by molar-refractivity contribution is 0.380. The van der Waals surface area contributed by atoms with Crippen LogP contribution in [0.5, 0.6) is 5.75 Å². The normalized spacial score (nSPS) is 12.6. The van der Waals surface area contributed by atoms with Crippen LogP contribution in [-0.4, -0.2) is 13.2 Å². The number of nitrogens with two attached hydrogens (primary N) is 1. The number of rotatable bonds is 4. The van der Waals surface area contributed by atoms with Crippen molar-refractivity contribution in [2.75, 3.05) is 7.11 Å². The van der Waals surface area contributed by atoms with Gasteiger partial charge in [-0.1, -0.05) is 15.9 Å². The van der Waals surface area contributed by atoms with Crippen LogP contribution >= 0.6 is 15.9 Å². The van der Waals surface area contributed by atoms with E-state index < -0.39 is 0 Å². The molecular weight excluding hydrogens is 261 g/mol. The first-order chi connectivity index (χ1) is 7.04. The van der Waals surface area contributed by atoms with Crippen molar-refractivity contribution in [2.24, 2.45) is 5.73 Å². The summed E-state index contributed by atoms with van der Waals surface area (Å²) in [4.78, 5) is 0. The Morgan fingerprint density at radius 1 is 1.53 bits per heavy atom. The van der Waals surface area contributed by atoms with Gasteiger partial charge >= 0.3 is 0 Å². The molecule has 0 aliphatic carbocycles. The summed E-state index contributed by atoms with van der Waals surface area (Å²) < 4.78 is 19.2. The van der Waals surface area contributed by atoms with E-state index in [1.807, 2.05) is 13.0 Å². The highest BCUT2D eigenvalue weighted by atomic mass is 79.9. The second-order valence-electron chi connectivity index (χ2n) is 3.60. The van der Waals surface area contributed by atoms with Gasteiger partial charge in [-0.2, -0.15) is 0 Å². The van der Waals surface area contributed by atoms with Gasteiger partial charge in [-0.3, -0.25) is 0 Å². The summed E-state index contributed by atoms with van der Waals surface area (Å²) in [6.45, 7) is 1.93. The summed E-state index contributed by atoms with van der Waals surface area (Å²) >= 11 is 3.26. The number of ether oxygens (including phenoxy) is 1. The molecule has 2 N–H and O–H groups in total. The molecule has 15 heavy (non-hydrogen) atoms. The molecule has 0 unspecified atom stereocenters. The molecule has 2 nitrogen and oxygen atoms in total. The Bertz CT molecular complexity index is 342. The van der Waals surface area contributed by atoms with Gasteiger partial charge in [0.25, 0.3) is 0 Å².